The zero-order valence-electron chi connectivity index (χ0n) is 35.7. The summed E-state index contributed by atoms with van der Waals surface area (Å²) in [5.41, 5.74) is 5.37. The van der Waals surface area contributed by atoms with Gasteiger partial charge in [-0.3, -0.25) is 13.8 Å². The lowest BCUT2D eigenvalue weighted by Gasteiger charge is -2.20. The lowest BCUT2D eigenvalue weighted by atomic mass is 10.0. The van der Waals surface area contributed by atoms with E-state index in [-0.39, 0.29) is 32.3 Å². The lowest BCUT2D eigenvalue weighted by Crippen LogP contribution is -2.28. The van der Waals surface area contributed by atoms with E-state index in [2.05, 4.69) is 62.5 Å². The average Bonchev–Trinajstić information content (AvgIpc) is 3.17. The predicted molar refractivity (Wildman–Crippen MR) is 233 cm³/mol. The van der Waals surface area contributed by atoms with Crippen LogP contribution in [0.4, 0.5) is 0 Å². The predicted octanol–water partition coefficient (Wildman–Crippen LogP) is 13.6. The minimum atomic E-state index is -4.27. The van der Waals surface area contributed by atoms with Crippen LogP contribution in [0.15, 0.2) is 48.6 Å². The molecule has 0 aromatic heterocycles. The molecule has 0 saturated heterocycles. The molecule has 0 radical (unpaired) electrons. The number of allylic oxidation sites excluding steroid dienone is 8. The minimum Gasteiger partial charge on any atom is -0.457 e. The van der Waals surface area contributed by atoms with E-state index in [9.17, 15) is 14.3 Å². The molecule has 0 bridgehead atoms. The number of unbranched alkanes of at least 4 members (excludes halogenated alkanes) is 22. The summed E-state index contributed by atoms with van der Waals surface area (Å²) in [6.07, 6.45) is 51.3. The van der Waals surface area contributed by atoms with Gasteiger partial charge in [-0.1, -0.05) is 191 Å². The van der Waals surface area contributed by atoms with Gasteiger partial charge in [0.2, 0.25) is 0 Å². The normalized spacial score (nSPS) is 13.9. The third-order valence-electron chi connectivity index (χ3n) is 9.51. The van der Waals surface area contributed by atoms with E-state index in [1.165, 1.54) is 122 Å². The number of phosphoric acid groups is 1. The highest BCUT2D eigenvalue weighted by molar-refractivity contribution is 7.47. The number of carbonyl (C=O) groups excluding carboxylic acids is 1. The Morgan fingerprint density at radius 3 is 1.53 bits per heavy atom. The van der Waals surface area contributed by atoms with Gasteiger partial charge in [-0.25, -0.2) is 4.57 Å². The summed E-state index contributed by atoms with van der Waals surface area (Å²) >= 11 is 0. The molecule has 0 amide bonds. The topological polar surface area (TPSA) is 117 Å². The number of phosphoric ester groups is 1. The van der Waals surface area contributed by atoms with Gasteiger partial charge in [0.25, 0.3) is 0 Å². The van der Waals surface area contributed by atoms with Crippen LogP contribution >= 0.6 is 7.82 Å². The molecule has 55 heavy (non-hydrogen) atoms. The van der Waals surface area contributed by atoms with Crippen LogP contribution in [0.5, 0.6) is 0 Å². The van der Waals surface area contributed by atoms with Crippen LogP contribution in [0.25, 0.3) is 0 Å². The van der Waals surface area contributed by atoms with E-state index < -0.39 is 13.9 Å². The lowest BCUT2D eigenvalue weighted by molar-refractivity contribution is -0.154. The number of carbonyl (C=O) groups is 1. The molecule has 0 aliphatic carbocycles. The molecule has 0 aliphatic rings. The first-order chi connectivity index (χ1) is 26.9. The number of nitrogens with two attached hydrogens (primary N) is 1. The standard InChI is InChI=1S/C46H86NO7P/c1-3-5-7-9-11-13-15-17-18-19-20-21-22-23-24-25-26-27-28-30-32-34-36-38-41-51-43-45(44-53-55(49,50)52-42-40-47)54-46(48)39-37-35-33-31-29-16-14-12-10-8-6-4-2/h5,7,11,13,17-18,20-21,45H,3-4,6,8-10,12,14-16,19,22-44,47H2,1-2H3,(H,49,50)/b7-5-,13-11-,18-17-,21-20-. The van der Waals surface area contributed by atoms with Crippen LogP contribution in [0.1, 0.15) is 200 Å². The second kappa shape index (κ2) is 43.6. The highest BCUT2D eigenvalue weighted by Crippen LogP contribution is 2.43. The Morgan fingerprint density at radius 2 is 1.02 bits per heavy atom. The van der Waals surface area contributed by atoms with Crippen LogP contribution in [0.3, 0.4) is 0 Å². The number of esters is 1. The van der Waals surface area contributed by atoms with E-state index in [1.54, 1.807) is 0 Å². The molecular weight excluding hydrogens is 709 g/mol. The summed E-state index contributed by atoms with van der Waals surface area (Å²) in [4.78, 5) is 22.5. The Balaban J connectivity index is 3.93. The van der Waals surface area contributed by atoms with E-state index in [0.29, 0.717) is 13.0 Å². The maximum Gasteiger partial charge on any atom is 0.472 e. The van der Waals surface area contributed by atoms with Crippen molar-refractivity contribution in [3.05, 3.63) is 48.6 Å². The van der Waals surface area contributed by atoms with Gasteiger partial charge in [-0.2, -0.15) is 0 Å². The molecule has 2 atom stereocenters. The van der Waals surface area contributed by atoms with Crippen molar-refractivity contribution in [3.63, 3.8) is 0 Å². The monoisotopic (exact) mass is 796 g/mol. The molecule has 3 N–H and O–H groups in total. The zero-order valence-corrected chi connectivity index (χ0v) is 36.6. The van der Waals surface area contributed by atoms with Gasteiger partial charge in [0, 0.05) is 19.6 Å². The van der Waals surface area contributed by atoms with Crippen LogP contribution in [-0.2, 0) is 27.9 Å². The van der Waals surface area contributed by atoms with E-state index in [1.807, 2.05) is 0 Å². The SMILES string of the molecule is CC/C=C\C/C=C\C/C=C\C/C=C\CCCCCCCCCCCCCOCC(COP(=O)(O)OCCN)OC(=O)CCCCCCCCCCCCCC. The largest absolute Gasteiger partial charge is 0.472 e. The Labute approximate surface area is 339 Å². The molecular formula is C46H86NO7P. The molecule has 0 aromatic carbocycles. The quantitative estimate of drug-likeness (QED) is 0.0271. The molecule has 0 heterocycles. The van der Waals surface area contributed by atoms with E-state index in [0.717, 1.165) is 57.8 Å². The first-order valence-corrected chi connectivity index (χ1v) is 24.1. The summed E-state index contributed by atoms with van der Waals surface area (Å²) < 4.78 is 33.4. The first kappa shape index (κ1) is 53.5. The highest BCUT2D eigenvalue weighted by atomic mass is 31.2. The Bertz CT molecular complexity index is 983. The van der Waals surface area contributed by atoms with Gasteiger partial charge in [-0.15, -0.1) is 0 Å². The Hall–Kier alpha value is -1.54. The summed E-state index contributed by atoms with van der Waals surface area (Å²) in [6.45, 7) is 4.81. The molecule has 0 saturated carbocycles. The van der Waals surface area contributed by atoms with Crippen molar-refractivity contribution in [2.75, 3.05) is 33.0 Å². The van der Waals surface area contributed by atoms with Crippen molar-refractivity contribution < 1.29 is 32.8 Å². The second-order valence-corrected chi connectivity index (χ2v) is 16.3. The minimum absolute atomic E-state index is 0.0958. The number of ether oxygens (including phenoxy) is 2. The zero-order chi connectivity index (χ0) is 40.2. The maximum absolute atomic E-state index is 12.6. The molecule has 2 unspecified atom stereocenters. The molecule has 0 spiro atoms. The van der Waals surface area contributed by atoms with Crippen LogP contribution < -0.4 is 5.73 Å². The fourth-order valence-electron chi connectivity index (χ4n) is 6.22. The molecule has 0 rings (SSSR count). The smallest absolute Gasteiger partial charge is 0.457 e. The fourth-order valence-corrected chi connectivity index (χ4v) is 6.99. The Morgan fingerprint density at radius 1 is 0.564 bits per heavy atom. The van der Waals surface area contributed by atoms with Gasteiger partial charge < -0.3 is 20.1 Å². The molecule has 322 valence electrons. The van der Waals surface area contributed by atoms with Crippen molar-refractivity contribution in [1.29, 1.82) is 0 Å². The first-order valence-electron chi connectivity index (χ1n) is 22.6. The van der Waals surface area contributed by atoms with Crippen molar-refractivity contribution in [1.82, 2.24) is 0 Å². The molecule has 0 aliphatic heterocycles. The fraction of sp³-hybridized carbons (Fsp3) is 0.804. The summed E-state index contributed by atoms with van der Waals surface area (Å²) in [6, 6.07) is 0. The molecule has 0 fully saturated rings. The number of rotatable bonds is 43. The van der Waals surface area contributed by atoms with Crippen LogP contribution in [0.2, 0.25) is 0 Å². The van der Waals surface area contributed by atoms with Gasteiger partial charge >= 0.3 is 13.8 Å². The van der Waals surface area contributed by atoms with Gasteiger partial charge in [-0.05, 0) is 51.4 Å². The summed E-state index contributed by atoms with van der Waals surface area (Å²) in [5, 5.41) is 0. The van der Waals surface area contributed by atoms with E-state index in [4.69, 9.17) is 24.3 Å². The van der Waals surface area contributed by atoms with Gasteiger partial charge in [0.1, 0.15) is 6.10 Å². The summed E-state index contributed by atoms with van der Waals surface area (Å²) in [5.74, 6) is -0.332. The Kier molecular flexibility index (Phi) is 42.4. The summed E-state index contributed by atoms with van der Waals surface area (Å²) in [7, 11) is -4.27. The average molecular weight is 796 g/mol. The van der Waals surface area contributed by atoms with Gasteiger partial charge in [0.05, 0.1) is 19.8 Å². The molecule has 9 heteroatoms. The third-order valence-corrected chi connectivity index (χ3v) is 10.5. The maximum atomic E-state index is 12.6. The number of hydrogen-bond donors (Lipinski definition) is 2. The number of hydrogen-bond acceptors (Lipinski definition) is 7. The van der Waals surface area contributed by atoms with Crippen molar-refractivity contribution in [2.45, 2.75) is 206 Å². The van der Waals surface area contributed by atoms with E-state index >= 15 is 0 Å². The molecule has 8 nitrogen and oxygen atoms in total. The van der Waals surface area contributed by atoms with Crippen molar-refractivity contribution in [3.8, 4) is 0 Å². The van der Waals surface area contributed by atoms with Crippen LogP contribution in [0, 0.1) is 0 Å². The van der Waals surface area contributed by atoms with Gasteiger partial charge in [0.15, 0.2) is 0 Å². The highest BCUT2D eigenvalue weighted by Gasteiger charge is 2.25. The van der Waals surface area contributed by atoms with Crippen molar-refractivity contribution in [2.24, 2.45) is 5.73 Å². The van der Waals surface area contributed by atoms with Crippen molar-refractivity contribution >= 4 is 13.8 Å². The molecule has 0 aromatic rings. The van der Waals surface area contributed by atoms with Crippen LogP contribution in [-0.4, -0.2) is 49.9 Å². The third kappa shape index (κ3) is 43.4. The second-order valence-electron chi connectivity index (χ2n) is 14.9.